The lowest BCUT2D eigenvalue weighted by Gasteiger charge is -2.05. The summed E-state index contributed by atoms with van der Waals surface area (Å²) in [4.78, 5) is 0. The lowest BCUT2D eigenvalue weighted by atomic mass is 10.2. The maximum Gasteiger partial charge on any atom is 0.117 e. The van der Waals surface area contributed by atoms with Crippen LogP contribution in [0.2, 0.25) is 0 Å². The minimum Gasteiger partial charge on any atom is -0.508 e. The van der Waals surface area contributed by atoms with E-state index >= 15 is 0 Å². The Balaban J connectivity index is 2.13. The summed E-state index contributed by atoms with van der Waals surface area (Å²) < 4.78 is 1.87. The zero-order chi connectivity index (χ0) is 10.3. The molecule has 0 unspecified atom stereocenters. The quantitative estimate of drug-likeness (QED) is 0.728. The van der Waals surface area contributed by atoms with E-state index < -0.39 is 0 Å². The first-order chi connectivity index (χ1) is 7.34. The molecule has 0 aliphatic carbocycles. The minimum atomic E-state index is 0.266. The molecule has 1 aromatic heterocycles. The number of nitrogens with zero attached hydrogens (tertiary/aromatic N) is 2. The maximum absolute atomic E-state index is 9.40. The van der Waals surface area contributed by atoms with Gasteiger partial charge in [0.2, 0.25) is 0 Å². The number of phenols is 1. The summed E-state index contributed by atoms with van der Waals surface area (Å²) >= 11 is 0. The molecule has 0 radical (unpaired) electrons. The normalized spacial score (nSPS) is 14.1. The van der Waals surface area contributed by atoms with Crippen molar-refractivity contribution >= 4 is 0 Å². The summed E-state index contributed by atoms with van der Waals surface area (Å²) in [7, 11) is 0. The Hall–Kier alpha value is -1.81. The molecule has 3 rings (SSSR count). The lowest BCUT2D eigenvalue weighted by Crippen LogP contribution is -2.07. The summed E-state index contributed by atoms with van der Waals surface area (Å²) in [6.07, 6.45) is 1.87. The Morgan fingerprint density at radius 1 is 1.33 bits per heavy atom. The average Bonchev–Trinajstić information content (AvgIpc) is 2.77. The fourth-order valence-corrected chi connectivity index (χ4v) is 1.91. The highest BCUT2D eigenvalue weighted by molar-refractivity contribution is 5.41. The number of phenolic OH excluding ortho intramolecular Hbond substituents is 1. The third-order valence-corrected chi connectivity index (χ3v) is 2.64. The van der Waals surface area contributed by atoms with Gasteiger partial charge in [0.05, 0.1) is 17.6 Å². The Kier molecular flexibility index (Phi) is 1.76. The van der Waals surface area contributed by atoms with Gasteiger partial charge in [-0.2, -0.15) is 5.10 Å². The number of nitrogens with one attached hydrogen (secondary N) is 1. The van der Waals surface area contributed by atoms with Crippen molar-refractivity contribution in [3.05, 3.63) is 41.7 Å². The molecule has 1 aliphatic heterocycles. The van der Waals surface area contributed by atoms with E-state index in [1.807, 2.05) is 23.0 Å². The highest BCUT2D eigenvalue weighted by Gasteiger charge is 2.16. The molecule has 0 spiro atoms. The van der Waals surface area contributed by atoms with Crippen molar-refractivity contribution in [3.63, 3.8) is 0 Å². The fourth-order valence-electron chi connectivity index (χ4n) is 1.91. The van der Waals surface area contributed by atoms with E-state index in [-0.39, 0.29) is 5.75 Å². The SMILES string of the molecule is Oc1cccc(-n2ncc3c2CNC3)c1. The molecule has 2 heterocycles. The highest BCUT2D eigenvalue weighted by Crippen LogP contribution is 2.21. The van der Waals surface area contributed by atoms with Crippen LogP contribution < -0.4 is 5.32 Å². The first-order valence-electron chi connectivity index (χ1n) is 4.90. The minimum absolute atomic E-state index is 0.266. The topological polar surface area (TPSA) is 50.1 Å². The molecular formula is C11H11N3O. The zero-order valence-corrected chi connectivity index (χ0v) is 8.14. The molecule has 0 saturated heterocycles. The molecular weight excluding hydrogens is 190 g/mol. The van der Waals surface area contributed by atoms with Crippen LogP contribution in [0.15, 0.2) is 30.5 Å². The van der Waals surface area contributed by atoms with Gasteiger partial charge in [-0.05, 0) is 12.1 Å². The van der Waals surface area contributed by atoms with E-state index in [4.69, 9.17) is 0 Å². The van der Waals surface area contributed by atoms with Crippen LogP contribution in [0.1, 0.15) is 11.3 Å². The van der Waals surface area contributed by atoms with E-state index in [2.05, 4.69) is 10.4 Å². The monoisotopic (exact) mass is 201 g/mol. The number of aromatic hydroxyl groups is 1. The molecule has 0 saturated carbocycles. The Bertz CT molecular complexity index is 504. The number of fused-ring (bicyclic) bond motifs is 1. The molecule has 2 aromatic rings. The van der Waals surface area contributed by atoms with Gasteiger partial charge in [-0.15, -0.1) is 0 Å². The number of hydrogen-bond acceptors (Lipinski definition) is 3. The largest absolute Gasteiger partial charge is 0.508 e. The fraction of sp³-hybridized carbons (Fsp3) is 0.182. The molecule has 4 nitrogen and oxygen atoms in total. The second-order valence-corrected chi connectivity index (χ2v) is 3.65. The molecule has 1 aromatic carbocycles. The molecule has 2 N–H and O–H groups in total. The third kappa shape index (κ3) is 1.30. The maximum atomic E-state index is 9.40. The number of aromatic nitrogens is 2. The molecule has 0 bridgehead atoms. The third-order valence-electron chi connectivity index (χ3n) is 2.64. The average molecular weight is 201 g/mol. The van der Waals surface area contributed by atoms with Crippen molar-refractivity contribution in [2.24, 2.45) is 0 Å². The molecule has 0 fully saturated rings. The Labute approximate surface area is 87.2 Å². The van der Waals surface area contributed by atoms with E-state index in [1.54, 1.807) is 12.1 Å². The summed E-state index contributed by atoms with van der Waals surface area (Å²) in [5, 5.41) is 17.0. The summed E-state index contributed by atoms with van der Waals surface area (Å²) in [6.45, 7) is 1.72. The van der Waals surface area contributed by atoms with Crippen molar-refractivity contribution in [2.45, 2.75) is 13.1 Å². The van der Waals surface area contributed by atoms with Crippen LogP contribution >= 0.6 is 0 Å². The second-order valence-electron chi connectivity index (χ2n) is 3.65. The van der Waals surface area contributed by atoms with Crippen LogP contribution in [0.5, 0.6) is 5.75 Å². The van der Waals surface area contributed by atoms with Gasteiger partial charge in [-0.1, -0.05) is 6.07 Å². The summed E-state index contributed by atoms with van der Waals surface area (Å²) in [5.41, 5.74) is 3.32. The molecule has 1 aliphatic rings. The highest BCUT2D eigenvalue weighted by atomic mass is 16.3. The van der Waals surface area contributed by atoms with Crippen molar-refractivity contribution in [1.29, 1.82) is 0 Å². The summed E-state index contributed by atoms with van der Waals surface area (Å²) in [6, 6.07) is 7.13. The van der Waals surface area contributed by atoms with Gasteiger partial charge in [0, 0.05) is 24.7 Å². The number of benzene rings is 1. The van der Waals surface area contributed by atoms with Gasteiger partial charge in [0.1, 0.15) is 5.75 Å². The van der Waals surface area contributed by atoms with Crippen LogP contribution in [-0.2, 0) is 13.1 Å². The van der Waals surface area contributed by atoms with Crippen molar-refractivity contribution in [1.82, 2.24) is 15.1 Å². The summed E-state index contributed by atoms with van der Waals surface area (Å²) in [5.74, 6) is 0.266. The smallest absolute Gasteiger partial charge is 0.117 e. The van der Waals surface area contributed by atoms with Gasteiger partial charge >= 0.3 is 0 Å². The van der Waals surface area contributed by atoms with E-state index in [9.17, 15) is 5.11 Å². The second kappa shape index (κ2) is 3.10. The first-order valence-corrected chi connectivity index (χ1v) is 4.90. The van der Waals surface area contributed by atoms with Gasteiger partial charge in [-0.25, -0.2) is 4.68 Å². The van der Waals surface area contributed by atoms with Crippen LogP contribution in [-0.4, -0.2) is 14.9 Å². The Morgan fingerprint density at radius 2 is 2.27 bits per heavy atom. The van der Waals surface area contributed by atoms with Gasteiger partial charge < -0.3 is 10.4 Å². The van der Waals surface area contributed by atoms with Crippen molar-refractivity contribution in [3.8, 4) is 11.4 Å². The van der Waals surface area contributed by atoms with Crippen LogP contribution in [0.4, 0.5) is 0 Å². The van der Waals surface area contributed by atoms with Gasteiger partial charge in [-0.3, -0.25) is 0 Å². The Morgan fingerprint density at radius 3 is 3.13 bits per heavy atom. The van der Waals surface area contributed by atoms with Gasteiger partial charge in [0.25, 0.3) is 0 Å². The number of hydrogen-bond donors (Lipinski definition) is 2. The molecule has 0 atom stereocenters. The van der Waals surface area contributed by atoms with Crippen LogP contribution in [0.3, 0.4) is 0 Å². The predicted octanol–water partition coefficient (Wildman–Crippen LogP) is 1.18. The first kappa shape index (κ1) is 8.49. The van der Waals surface area contributed by atoms with E-state index in [0.717, 1.165) is 18.8 Å². The van der Waals surface area contributed by atoms with Crippen molar-refractivity contribution < 1.29 is 5.11 Å². The zero-order valence-electron chi connectivity index (χ0n) is 8.14. The van der Waals surface area contributed by atoms with Crippen LogP contribution in [0, 0.1) is 0 Å². The standard InChI is InChI=1S/C11H11N3O/c15-10-3-1-2-9(4-10)14-11-7-12-5-8(11)6-13-14/h1-4,6,12,15H,5,7H2. The molecule has 4 heteroatoms. The number of rotatable bonds is 1. The van der Waals surface area contributed by atoms with Gasteiger partial charge in [0.15, 0.2) is 0 Å². The van der Waals surface area contributed by atoms with E-state index in [1.165, 1.54) is 11.3 Å². The molecule has 76 valence electrons. The molecule has 15 heavy (non-hydrogen) atoms. The van der Waals surface area contributed by atoms with Crippen LogP contribution in [0.25, 0.3) is 5.69 Å². The lowest BCUT2D eigenvalue weighted by molar-refractivity contribution is 0.474. The molecule has 0 amide bonds. The predicted molar refractivity (Wildman–Crippen MR) is 55.8 cm³/mol. The van der Waals surface area contributed by atoms with E-state index in [0.29, 0.717) is 0 Å². The van der Waals surface area contributed by atoms with Crippen molar-refractivity contribution in [2.75, 3.05) is 0 Å².